The molecule has 0 aliphatic carbocycles. The molecule has 0 amide bonds. The molecule has 0 saturated heterocycles. The normalized spacial score (nSPS) is 12.1. The van der Waals surface area contributed by atoms with Gasteiger partial charge in [0, 0.05) is 5.70 Å². The zero-order chi connectivity index (χ0) is 12.1. The minimum atomic E-state index is 0.884. The Hall–Kier alpha value is -2.02. The van der Waals surface area contributed by atoms with Crippen molar-refractivity contribution in [3.8, 4) is 0 Å². The maximum absolute atomic E-state index is 6.17. The average molecular weight is 223 g/mol. The van der Waals surface area contributed by atoms with E-state index in [-0.39, 0.29) is 0 Å². The monoisotopic (exact) mass is 223 g/mol. The van der Waals surface area contributed by atoms with Gasteiger partial charge in [0.2, 0.25) is 0 Å². The lowest BCUT2D eigenvalue weighted by atomic mass is 10.0. The molecular formula is C16H17N. The third-order valence-corrected chi connectivity index (χ3v) is 2.86. The zero-order valence-electron chi connectivity index (χ0n) is 10.1. The van der Waals surface area contributed by atoms with Crippen LogP contribution in [0.25, 0.3) is 5.70 Å². The van der Waals surface area contributed by atoms with Crippen molar-refractivity contribution in [3.05, 3.63) is 77.4 Å². The van der Waals surface area contributed by atoms with E-state index in [0.29, 0.717) is 0 Å². The van der Waals surface area contributed by atoms with E-state index < -0.39 is 0 Å². The van der Waals surface area contributed by atoms with Crippen LogP contribution in [0, 0.1) is 0 Å². The Kier molecular flexibility index (Phi) is 3.61. The van der Waals surface area contributed by atoms with Gasteiger partial charge in [0.1, 0.15) is 0 Å². The van der Waals surface area contributed by atoms with Crippen molar-refractivity contribution in [2.45, 2.75) is 13.3 Å². The largest absolute Gasteiger partial charge is 0.398 e. The first-order valence-corrected chi connectivity index (χ1v) is 5.82. The van der Waals surface area contributed by atoms with Gasteiger partial charge in [-0.1, -0.05) is 60.7 Å². The molecule has 0 bridgehead atoms. The highest BCUT2D eigenvalue weighted by atomic mass is 14.6. The van der Waals surface area contributed by atoms with Crippen LogP contribution >= 0.6 is 0 Å². The molecule has 0 radical (unpaired) electrons. The van der Waals surface area contributed by atoms with E-state index in [4.69, 9.17) is 5.73 Å². The molecule has 0 aliphatic heterocycles. The highest BCUT2D eigenvalue weighted by molar-refractivity contribution is 5.65. The molecule has 2 aromatic rings. The summed E-state index contributed by atoms with van der Waals surface area (Å²) in [5, 5.41) is 0. The molecule has 0 aliphatic rings. The van der Waals surface area contributed by atoms with E-state index >= 15 is 0 Å². The van der Waals surface area contributed by atoms with Crippen LogP contribution in [0.15, 0.2) is 66.2 Å². The average Bonchev–Trinajstić information content (AvgIpc) is 2.40. The van der Waals surface area contributed by atoms with Crippen molar-refractivity contribution in [1.82, 2.24) is 0 Å². The van der Waals surface area contributed by atoms with Crippen molar-refractivity contribution < 1.29 is 0 Å². The smallest absolute Gasteiger partial charge is 0.0380 e. The highest BCUT2D eigenvalue weighted by Crippen LogP contribution is 2.16. The second-order valence-corrected chi connectivity index (χ2v) is 4.22. The first-order valence-electron chi connectivity index (χ1n) is 5.82. The molecule has 0 fully saturated rings. The minimum absolute atomic E-state index is 0.884. The van der Waals surface area contributed by atoms with Crippen molar-refractivity contribution in [3.63, 3.8) is 0 Å². The Bertz CT molecular complexity index is 498. The summed E-state index contributed by atoms with van der Waals surface area (Å²) in [7, 11) is 0. The summed E-state index contributed by atoms with van der Waals surface area (Å²) in [5.74, 6) is 0. The van der Waals surface area contributed by atoms with E-state index in [1.54, 1.807) is 0 Å². The van der Waals surface area contributed by atoms with E-state index in [1.165, 1.54) is 11.1 Å². The molecule has 0 spiro atoms. The van der Waals surface area contributed by atoms with E-state index in [9.17, 15) is 0 Å². The number of hydrogen-bond acceptors (Lipinski definition) is 1. The van der Waals surface area contributed by atoms with E-state index in [0.717, 1.165) is 17.7 Å². The summed E-state index contributed by atoms with van der Waals surface area (Å²) >= 11 is 0. The van der Waals surface area contributed by atoms with Crippen LogP contribution in [0.3, 0.4) is 0 Å². The fourth-order valence-electron chi connectivity index (χ4n) is 1.86. The first kappa shape index (κ1) is 11.5. The molecule has 1 heteroatoms. The van der Waals surface area contributed by atoms with Crippen LogP contribution in [0.4, 0.5) is 0 Å². The topological polar surface area (TPSA) is 26.0 Å². The van der Waals surface area contributed by atoms with Gasteiger partial charge in [0.25, 0.3) is 0 Å². The standard InChI is InChI=1S/C16H17N/c1-13(12-14-8-4-2-5-9-14)16(17)15-10-6-3-7-11-15/h2-11H,12,17H2,1H3/b16-13+. The van der Waals surface area contributed by atoms with Gasteiger partial charge in [-0.25, -0.2) is 0 Å². The predicted molar refractivity (Wildman–Crippen MR) is 73.4 cm³/mol. The lowest BCUT2D eigenvalue weighted by Gasteiger charge is -2.08. The van der Waals surface area contributed by atoms with Crippen LogP contribution in [0.1, 0.15) is 18.1 Å². The Morgan fingerprint density at radius 2 is 1.41 bits per heavy atom. The van der Waals surface area contributed by atoms with Crippen molar-refractivity contribution in [2.75, 3.05) is 0 Å². The quantitative estimate of drug-likeness (QED) is 0.845. The molecule has 2 N–H and O–H groups in total. The van der Waals surface area contributed by atoms with Gasteiger partial charge in [-0.3, -0.25) is 0 Å². The molecule has 17 heavy (non-hydrogen) atoms. The van der Waals surface area contributed by atoms with Gasteiger partial charge >= 0.3 is 0 Å². The molecule has 0 aromatic heterocycles. The third-order valence-electron chi connectivity index (χ3n) is 2.86. The summed E-state index contributed by atoms with van der Waals surface area (Å²) in [6.07, 6.45) is 0.904. The predicted octanol–water partition coefficient (Wildman–Crippen LogP) is 3.62. The summed E-state index contributed by atoms with van der Waals surface area (Å²) in [4.78, 5) is 0. The Balaban J connectivity index is 2.22. The second kappa shape index (κ2) is 5.35. The highest BCUT2D eigenvalue weighted by Gasteiger charge is 2.01. The molecule has 0 unspecified atom stereocenters. The summed E-state index contributed by atoms with van der Waals surface area (Å²) < 4.78 is 0. The maximum Gasteiger partial charge on any atom is 0.0380 e. The third kappa shape index (κ3) is 2.97. The van der Waals surface area contributed by atoms with Gasteiger partial charge in [0.15, 0.2) is 0 Å². The molecule has 2 aromatic carbocycles. The number of rotatable bonds is 3. The lowest BCUT2D eigenvalue weighted by molar-refractivity contribution is 1.14. The van der Waals surface area contributed by atoms with Gasteiger partial charge in [-0.2, -0.15) is 0 Å². The summed E-state index contributed by atoms with van der Waals surface area (Å²) in [6.45, 7) is 2.09. The summed E-state index contributed by atoms with van der Waals surface area (Å²) in [5.41, 5.74) is 10.7. The SMILES string of the molecule is C/C(Cc1ccccc1)=C(\N)c1ccccc1. The Labute approximate surface area is 103 Å². The van der Waals surface area contributed by atoms with Crippen LogP contribution in [0.5, 0.6) is 0 Å². The molecule has 1 nitrogen and oxygen atoms in total. The molecule has 86 valence electrons. The van der Waals surface area contributed by atoms with Crippen molar-refractivity contribution in [2.24, 2.45) is 5.73 Å². The summed E-state index contributed by atoms with van der Waals surface area (Å²) in [6, 6.07) is 20.5. The fourth-order valence-corrected chi connectivity index (χ4v) is 1.86. The fraction of sp³-hybridized carbons (Fsp3) is 0.125. The Morgan fingerprint density at radius 3 is 2.00 bits per heavy atom. The molecular weight excluding hydrogens is 206 g/mol. The first-order chi connectivity index (χ1) is 8.27. The number of nitrogens with two attached hydrogens (primary N) is 1. The zero-order valence-corrected chi connectivity index (χ0v) is 10.1. The molecule has 0 heterocycles. The molecule has 0 saturated carbocycles. The van der Waals surface area contributed by atoms with Gasteiger partial charge < -0.3 is 5.73 Å². The minimum Gasteiger partial charge on any atom is -0.398 e. The number of allylic oxidation sites excluding steroid dienone is 1. The number of hydrogen-bond donors (Lipinski definition) is 1. The van der Waals surface area contributed by atoms with Crippen LogP contribution in [-0.2, 0) is 6.42 Å². The molecule has 2 rings (SSSR count). The van der Waals surface area contributed by atoms with Gasteiger partial charge in [-0.15, -0.1) is 0 Å². The van der Waals surface area contributed by atoms with Gasteiger partial charge in [0.05, 0.1) is 0 Å². The maximum atomic E-state index is 6.17. The van der Waals surface area contributed by atoms with E-state index in [1.807, 2.05) is 36.4 Å². The van der Waals surface area contributed by atoms with Crippen LogP contribution < -0.4 is 5.73 Å². The van der Waals surface area contributed by atoms with Crippen LogP contribution in [-0.4, -0.2) is 0 Å². The van der Waals surface area contributed by atoms with Crippen molar-refractivity contribution in [1.29, 1.82) is 0 Å². The van der Waals surface area contributed by atoms with Gasteiger partial charge in [-0.05, 0) is 30.0 Å². The van der Waals surface area contributed by atoms with Crippen LogP contribution in [0.2, 0.25) is 0 Å². The van der Waals surface area contributed by atoms with E-state index in [2.05, 4.69) is 31.2 Å². The molecule has 0 atom stereocenters. The lowest BCUT2D eigenvalue weighted by Crippen LogP contribution is -2.01. The second-order valence-electron chi connectivity index (χ2n) is 4.22. The van der Waals surface area contributed by atoms with Crippen molar-refractivity contribution >= 4 is 5.70 Å². The Morgan fingerprint density at radius 1 is 0.882 bits per heavy atom. The number of benzene rings is 2.